The molecule has 29 heavy (non-hydrogen) atoms. The quantitative estimate of drug-likeness (QED) is 0.354. The molecule has 0 aliphatic carbocycles. The van der Waals surface area contributed by atoms with Gasteiger partial charge in [-0.3, -0.25) is 14.5 Å². The Hall–Kier alpha value is -3.19. The van der Waals surface area contributed by atoms with Gasteiger partial charge in [0.15, 0.2) is 5.82 Å². The summed E-state index contributed by atoms with van der Waals surface area (Å²) in [6.07, 6.45) is 0. The first kappa shape index (κ1) is 19.1. The Labute approximate surface area is 175 Å². The molecule has 1 aliphatic heterocycles. The number of aromatic nitrogens is 1. The lowest BCUT2D eigenvalue weighted by Crippen LogP contribution is -2.29. The zero-order valence-electron chi connectivity index (χ0n) is 15.7. The number of aliphatic hydroxyl groups excluding tert-OH is 1. The molecular formula is C22H17BrN2O4. The van der Waals surface area contributed by atoms with Crippen molar-refractivity contribution in [2.24, 2.45) is 0 Å². The van der Waals surface area contributed by atoms with Crippen LogP contribution in [0.4, 0.5) is 5.82 Å². The fourth-order valence-corrected chi connectivity index (χ4v) is 3.63. The molecule has 1 atom stereocenters. The molecule has 1 saturated heterocycles. The third-order valence-electron chi connectivity index (χ3n) is 4.82. The number of rotatable bonds is 3. The van der Waals surface area contributed by atoms with Gasteiger partial charge in [0, 0.05) is 16.1 Å². The largest absolute Gasteiger partial charge is 0.507 e. The second-order valence-corrected chi connectivity index (χ2v) is 7.80. The molecule has 2 aromatic carbocycles. The molecule has 6 nitrogen and oxygen atoms in total. The van der Waals surface area contributed by atoms with Crippen LogP contribution < -0.4 is 4.90 Å². The third kappa shape index (κ3) is 3.38. The number of anilines is 1. The minimum Gasteiger partial charge on any atom is -0.507 e. The number of hydrogen-bond donors (Lipinski definition) is 1. The summed E-state index contributed by atoms with van der Waals surface area (Å²) in [6, 6.07) is 15.1. The monoisotopic (exact) mass is 452 g/mol. The van der Waals surface area contributed by atoms with Crippen LogP contribution in [-0.4, -0.2) is 22.0 Å². The van der Waals surface area contributed by atoms with Gasteiger partial charge in [0.05, 0.1) is 11.6 Å². The van der Waals surface area contributed by atoms with Crippen molar-refractivity contribution >= 4 is 39.2 Å². The second kappa shape index (κ2) is 7.33. The number of benzene rings is 2. The minimum absolute atomic E-state index is 0.0156. The van der Waals surface area contributed by atoms with E-state index in [1.807, 2.05) is 31.2 Å². The Bertz CT molecular complexity index is 1130. The van der Waals surface area contributed by atoms with Crippen LogP contribution in [0, 0.1) is 13.8 Å². The van der Waals surface area contributed by atoms with Gasteiger partial charge in [-0.2, -0.15) is 0 Å². The Kier molecular flexibility index (Phi) is 4.84. The maximum Gasteiger partial charge on any atom is 0.301 e. The molecule has 2 heterocycles. The van der Waals surface area contributed by atoms with Crippen molar-refractivity contribution in [3.8, 4) is 0 Å². The SMILES string of the molecule is Cc1ccc([C@H]2/C(=C(\O)c3ccc(Br)cc3)C(=O)C(=O)N2c2cc(C)on2)cc1. The number of aryl methyl sites for hydroxylation is 2. The Morgan fingerprint density at radius 3 is 2.31 bits per heavy atom. The van der Waals surface area contributed by atoms with Gasteiger partial charge in [0.1, 0.15) is 11.5 Å². The van der Waals surface area contributed by atoms with E-state index in [2.05, 4.69) is 21.1 Å². The molecule has 1 N–H and O–H groups in total. The van der Waals surface area contributed by atoms with Gasteiger partial charge < -0.3 is 9.63 Å². The molecule has 0 saturated carbocycles. The molecule has 0 spiro atoms. The summed E-state index contributed by atoms with van der Waals surface area (Å²) < 4.78 is 5.95. The van der Waals surface area contributed by atoms with Crippen molar-refractivity contribution in [3.63, 3.8) is 0 Å². The van der Waals surface area contributed by atoms with E-state index in [0.29, 0.717) is 16.9 Å². The summed E-state index contributed by atoms with van der Waals surface area (Å²) >= 11 is 3.35. The van der Waals surface area contributed by atoms with E-state index in [9.17, 15) is 14.7 Å². The van der Waals surface area contributed by atoms with Gasteiger partial charge in [0.25, 0.3) is 5.78 Å². The maximum atomic E-state index is 13.0. The van der Waals surface area contributed by atoms with Crippen LogP contribution >= 0.6 is 15.9 Å². The van der Waals surface area contributed by atoms with Crippen molar-refractivity contribution in [3.05, 3.63) is 87.1 Å². The summed E-state index contributed by atoms with van der Waals surface area (Å²) in [6.45, 7) is 3.65. The topological polar surface area (TPSA) is 83.6 Å². The Morgan fingerprint density at radius 1 is 1.07 bits per heavy atom. The lowest BCUT2D eigenvalue weighted by molar-refractivity contribution is -0.132. The molecule has 4 rings (SSSR count). The summed E-state index contributed by atoms with van der Waals surface area (Å²) in [7, 11) is 0. The van der Waals surface area contributed by atoms with E-state index >= 15 is 0 Å². The molecule has 146 valence electrons. The van der Waals surface area contributed by atoms with Crippen molar-refractivity contribution in [1.29, 1.82) is 0 Å². The number of amides is 1. The fourth-order valence-electron chi connectivity index (χ4n) is 3.36. The highest BCUT2D eigenvalue weighted by Gasteiger charge is 2.48. The Balaban J connectivity index is 1.93. The molecule has 1 aliphatic rings. The van der Waals surface area contributed by atoms with Crippen LogP contribution in [0.15, 0.2) is 69.2 Å². The Morgan fingerprint density at radius 2 is 1.72 bits per heavy atom. The molecule has 0 bridgehead atoms. The third-order valence-corrected chi connectivity index (χ3v) is 5.35. The van der Waals surface area contributed by atoms with Gasteiger partial charge in [-0.15, -0.1) is 0 Å². The molecule has 0 unspecified atom stereocenters. The molecule has 3 aromatic rings. The van der Waals surface area contributed by atoms with Crippen molar-refractivity contribution < 1.29 is 19.2 Å². The summed E-state index contributed by atoms with van der Waals surface area (Å²) in [5.41, 5.74) is 2.19. The number of Topliss-reactive ketones (excluding diaryl/α,β-unsaturated/α-hetero) is 1. The number of aliphatic hydroxyl groups is 1. The van der Waals surface area contributed by atoms with Crippen LogP contribution in [0.25, 0.3) is 5.76 Å². The summed E-state index contributed by atoms with van der Waals surface area (Å²) in [5, 5.41) is 14.9. The number of nitrogens with zero attached hydrogens (tertiary/aromatic N) is 2. The first-order chi connectivity index (χ1) is 13.9. The van der Waals surface area contributed by atoms with Crippen LogP contribution in [-0.2, 0) is 9.59 Å². The fraction of sp³-hybridized carbons (Fsp3) is 0.136. The minimum atomic E-state index is -0.816. The van der Waals surface area contributed by atoms with E-state index in [1.54, 1.807) is 37.3 Å². The maximum absolute atomic E-state index is 13.0. The normalized spacial score (nSPS) is 18.4. The van der Waals surface area contributed by atoms with Gasteiger partial charge >= 0.3 is 5.91 Å². The van der Waals surface area contributed by atoms with E-state index in [-0.39, 0.29) is 17.2 Å². The van der Waals surface area contributed by atoms with Crippen molar-refractivity contribution in [1.82, 2.24) is 5.16 Å². The number of hydrogen-bond acceptors (Lipinski definition) is 5. The second-order valence-electron chi connectivity index (χ2n) is 6.88. The number of carbonyl (C=O) groups is 2. The van der Waals surface area contributed by atoms with Gasteiger partial charge in [-0.1, -0.05) is 63.0 Å². The highest BCUT2D eigenvalue weighted by atomic mass is 79.9. The highest BCUT2D eigenvalue weighted by molar-refractivity contribution is 9.10. The predicted molar refractivity (Wildman–Crippen MR) is 111 cm³/mol. The van der Waals surface area contributed by atoms with Crippen LogP contribution in [0.1, 0.15) is 28.5 Å². The number of halogens is 1. The van der Waals surface area contributed by atoms with Gasteiger partial charge in [-0.05, 0) is 31.5 Å². The average Bonchev–Trinajstić information content (AvgIpc) is 3.24. The summed E-state index contributed by atoms with van der Waals surface area (Å²) in [4.78, 5) is 27.1. The van der Waals surface area contributed by atoms with E-state index < -0.39 is 17.7 Å². The zero-order chi connectivity index (χ0) is 20.7. The first-order valence-corrected chi connectivity index (χ1v) is 9.73. The van der Waals surface area contributed by atoms with Crippen LogP contribution in [0.2, 0.25) is 0 Å². The lowest BCUT2D eigenvalue weighted by atomic mass is 9.95. The number of carbonyl (C=O) groups excluding carboxylic acids is 2. The van der Waals surface area contributed by atoms with Gasteiger partial charge in [-0.25, -0.2) is 0 Å². The van der Waals surface area contributed by atoms with Crippen molar-refractivity contribution in [2.45, 2.75) is 19.9 Å². The number of ketones is 1. The van der Waals surface area contributed by atoms with Crippen LogP contribution in [0.5, 0.6) is 0 Å². The summed E-state index contributed by atoms with van der Waals surface area (Å²) in [5.74, 6) is -1.02. The molecule has 7 heteroatoms. The smallest absolute Gasteiger partial charge is 0.301 e. The van der Waals surface area contributed by atoms with Crippen molar-refractivity contribution in [2.75, 3.05) is 4.90 Å². The van der Waals surface area contributed by atoms with E-state index in [1.165, 1.54) is 4.90 Å². The first-order valence-electron chi connectivity index (χ1n) is 8.93. The molecule has 1 aromatic heterocycles. The molecular weight excluding hydrogens is 436 g/mol. The van der Waals surface area contributed by atoms with Crippen LogP contribution in [0.3, 0.4) is 0 Å². The highest BCUT2D eigenvalue weighted by Crippen LogP contribution is 2.41. The molecule has 1 amide bonds. The zero-order valence-corrected chi connectivity index (χ0v) is 17.3. The molecule has 0 radical (unpaired) electrons. The van der Waals surface area contributed by atoms with E-state index in [0.717, 1.165) is 10.0 Å². The lowest BCUT2D eigenvalue weighted by Gasteiger charge is -2.23. The predicted octanol–water partition coefficient (Wildman–Crippen LogP) is 4.68. The molecule has 1 fully saturated rings. The average molecular weight is 453 g/mol. The van der Waals surface area contributed by atoms with E-state index in [4.69, 9.17) is 4.52 Å². The standard InChI is InChI=1S/C22H17BrN2O4/c1-12-3-5-14(6-4-12)19-18(20(26)15-7-9-16(23)10-8-15)21(27)22(28)25(19)17-11-13(2)29-24-17/h3-11,19,26H,1-2H3/b20-18+/t19-/m0/s1. The van der Waals surface area contributed by atoms with Gasteiger partial charge in [0.2, 0.25) is 0 Å².